The van der Waals surface area contributed by atoms with E-state index in [4.69, 9.17) is 10.5 Å². The van der Waals surface area contributed by atoms with Gasteiger partial charge in [0.25, 0.3) is 5.91 Å². The van der Waals surface area contributed by atoms with E-state index >= 15 is 0 Å². The molecule has 0 aliphatic carbocycles. The van der Waals surface area contributed by atoms with Crippen LogP contribution in [0.2, 0.25) is 0 Å². The topological polar surface area (TPSA) is 55.6 Å². The molecule has 1 fully saturated rings. The largest absolute Gasteiger partial charge is 0.481 e. The molecule has 1 aliphatic heterocycles. The second-order valence-electron chi connectivity index (χ2n) is 5.13. The molecule has 1 aliphatic rings. The summed E-state index contributed by atoms with van der Waals surface area (Å²) in [4.78, 5) is 14.4. The maximum absolute atomic E-state index is 12.5. The van der Waals surface area contributed by atoms with Crippen molar-refractivity contribution >= 4 is 21.8 Å². The summed E-state index contributed by atoms with van der Waals surface area (Å²) < 4.78 is 6.71. The van der Waals surface area contributed by atoms with Crippen molar-refractivity contribution in [1.29, 1.82) is 0 Å². The summed E-state index contributed by atoms with van der Waals surface area (Å²) >= 11 is 3.38. The minimum absolute atomic E-state index is 0.0306. The molecule has 110 valence electrons. The first-order valence-corrected chi connectivity index (χ1v) is 7.84. The van der Waals surface area contributed by atoms with Gasteiger partial charge in [0, 0.05) is 23.6 Å². The van der Waals surface area contributed by atoms with Gasteiger partial charge in [-0.15, -0.1) is 0 Å². The Bertz CT molecular complexity index is 450. The molecular weight excluding hydrogens is 320 g/mol. The van der Waals surface area contributed by atoms with Crippen molar-refractivity contribution in [2.45, 2.75) is 38.3 Å². The number of benzene rings is 1. The third-order valence-corrected chi connectivity index (χ3v) is 4.19. The molecule has 0 aromatic heterocycles. The number of hydrogen-bond acceptors (Lipinski definition) is 3. The van der Waals surface area contributed by atoms with Crippen LogP contribution in [0.1, 0.15) is 26.2 Å². The Balaban J connectivity index is 1.98. The van der Waals surface area contributed by atoms with Gasteiger partial charge in [-0.2, -0.15) is 0 Å². The fourth-order valence-corrected chi connectivity index (χ4v) is 2.80. The Morgan fingerprint density at radius 3 is 2.80 bits per heavy atom. The molecule has 2 rings (SSSR count). The number of amides is 1. The molecule has 1 heterocycles. The molecule has 0 spiro atoms. The molecule has 20 heavy (non-hydrogen) atoms. The van der Waals surface area contributed by atoms with E-state index in [-0.39, 0.29) is 11.9 Å². The van der Waals surface area contributed by atoms with Gasteiger partial charge in [0.05, 0.1) is 0 Å². The Morgan fingerprint density at radius 1 is 1.45 bits per heavy atom. The van der Waals surface area contributed by atoms with Gasteiger partial charge in [-0.1, -0.05) is 15.9 Å². The van der Waals surface area contributed by atoms with Gasteiger partial charge in [0.2, 0.25) is 0 Å². The van der Waals surface area contributed by atoms with E-state index in [0.717, 1.165) is 30.3 Å². The smallest absolute Gasteiger partial charge is 0.263 e. The molecule has 0 saturated carbocycles. The van der Waals surface area contributed by atoms with Gasteiger partial charge in [-0.05, 0) is 50.5 Å². The van der Waals surface area contributed by atoms with Crippen LogP contribution in [0.25, 0.3) is 0 Å². The van der Waals surface area contributed by atoms with Crippen molar-refractivity contribution < 1.29 is 9.53 Å². The summed E-state index contributed by atoms with van der Waals surface area (Å²) in [7, 11) is 0. The van der Waals surface area contributed by atoms with Crippen molar-refractivity contribution in [2.75, 3.05) is 13.1 Å². The molecule has 1 saturated heterocycles. The van der Waals surface area contributed by atoms with Crippen LogP contribution < -0.4 is 10.5 Å². The summed E-state index contributed by atoms with van der Waals surface area (Å²) in [5, 5.41) is 0. The van der Waals surface area contributed by atoms with Crippen LogP contribution in [0.3, 0.4) is 0 Å². The Hall–Kier alpha value is -1.07. The molecule has 0 radical (unpaired) electrons. The molecule has 0 bridgehead atoms. The van der Waals surface area contributed by atoms with E-state index in [1.54, 1.807) is 6.92 Å². The predicted molar refractivity (Wildman–Crippen MR) is 82.6 cm³/mol. The van der Waals surface area contributed by atoms with E-state index in [1.165, 1.54) is 0 Å². The van der Waals surface area contributed by atoms with Gasteiger partial charge in [-0.25, -0.2) is 0 Å². The van der Waals surface area contributed by atoms with E-state index < -0.39 is 6.10 Å². The highest BCUT2D eigenvalue weighted by Gasteiger charge is 2.29. The lowest BCUT2D eigenvalue weighted by molar-refractivity contribution is -0.141. The van der Waals surface area contributed by atoms with Crippen LogP contribution >= 0.6 is 15.9 Å². The number of nitrogens with zero attached hydrogens (tertiary/aromatic N) is 1. The summed E-state index contributed by atoms with van der Waals surface area (Å²) in [6, 6.07) is 7.66. The fourth-order valence-electron chi connectivity index (χ4n) is 2.54. The van der Waals surface area contributed by atoms with Gasteiger partial charge in [0.15, 0.2) is 6.10 Å². The fraction of sp³-hybridized carbons (Fsp3) is 0.533. The summed E-state index contributed by atoms with van der Waals surface area (Å²) in [5.41, 5.74) is 5.76. The van der Waals surface area contributed by atoms with E-state index in [2.05, 4.69) is 15.9 Å². The highest BCUT2D eigenvalue weighted by Crippen LogP contribution is 2.20. The zero-order chi connectivity index (χ0) is 14.5. The molecule has 4 nitrogen and oxygen atoms in total. The number of halogens is 1. The average molecular weight is 341 g/mol. The van der Waals surface area contributed by atoms with Gasteiger partial charge in [0.1, 0.15) is 5.75 Å². The van der Waals surface area contributed by atoms with Crippen molar-refractivity contribution in [3.05, 3.63) is 28.7 Å². The SMILES string of the molecule is CC(Oc1ccc(Br)cc1)C(=O)N1CCCCC1CN. The molecule has 2 unspecified atom stereocenters. The summed E-state index contributed by atoms with van der Waals surface area (Å²) in [5.74, 6) is 0.735. The Morgan fingerprint density at radius 2 is 2.15 bits per heavy atom. The maximum Gasteiger partial charge on any atom is 0.263 e. The number of ether oxygens (including phenoxy) is 1. The van der Waals surface area contributed by atoms with Gasteiger partial charge < -0.3 is 15.4 Å². The van der Waals surface area contributed by atoms with Crippen LogP contribution in [0.4, 0.5) is 0 Å². The molecular formula is C15H21BrN2O2. The first-order chi connectivity index (χ1) is 9.61. The zero-order valence-electron chi connectivity index (χ0n) is 11.7. The Kier molecular flexibility index (Phi) is 5.43. The highest BCUT2D eigenvalue weighted by molar-refractivity contribution is 9.10. The normalized spacial score (nSPS) is 20.6. The molecule has 5 heteroatoms. The summed E-state index contributed by atoms with van der Waals surface area (Å²) in [6.07, 6.45) is 2.71. The quantitative estimate of drug-likeness (QED) is 0.916. The lowest BCUT2D eigenvalue weighted by Gasteiger charge is -2.36. The Labute approximate surface area is 128 Å². The lowest BCUT2D eigenvalue weighted by Crippen LogP contribution is -2.51. The summed E-state index contributed by atoms with van der Waals surface area (Å²) in [6.45, 7) is 3.11. The molecule has 2 N–H and O–H groups in total. The van der Waals surface area contributed by atoms with Crippen LogP contribution in [0, 0.1) is 0 Å². The van der Waals surface area contributed by atoms with E-state index in [0.29, 0.717) is 12.3 Å². The number of carbonyl (C=O) groups excluding carboxylic acids is 1. The maximum atomic E-state index is 12.5. The number of likely N-dealkylation sites (tertiary alicyclic amines) is 1. The first-order valence-electron chi connectivity index (χ1n) is 7.04. The van der Waals surface area contributed by atoms with Gasteiger partial charge in [-0.3, -0.25) is 4.79 Å². The van der Waals surface area contributed by atoms with Crippen LogP contribution in [0.5, 0.6) is 5.75 Å². The zero-order valence-corrected chi connectivity index (χ0v) is 13.3. The first kappa shape index (κ1) is 15.3. The number of nitrogens with two attached hydrogens (primary N) is 1. The van der Waals surface area contributed by atoms with Gasteiger partial charge >= 0.3 is 0 Å². The minimum atomic E-state index is -0.483. The minimum Gasteiger partial charge on any atom is -0.481 e. The number of hydrogen-bond donors (Lipinski definition) is 1. The van der Waals surface area contributed by atoms with Crippen molar-refractivity contribution in [1.82, 2.24) is 4.90 Å². The highest BCUT2D eigenvalue weighted by atomic mass is 79.9. The van der Waals surface area contributed by atoms with Crippen LogP contribution in [0.15, 0.2) is 28.7 Å². The number of carbonyl (C=O) groups is 1. The predicted octanol–water partition coefficient (Wildman–Crippen LogP) is 2.56. The third-order valence-electron chi connectivity index (χ3n) is 3.66. The average Bonchev–Trinajstić information content (AvgIpc) is 2.48. The van der Waals surface area contributed by atoms with Crippen LogP contribution in [-0.4, -0.2) is 36.0 Å². The van der Waals surface area contributed by atoms with Crippen molar-refractivity contribution in [3.63, 3.8) is 0 Å². The second-order valence-corrected chi connectivity index (χ2v) is 6.05. The van der Waals surface area contributed by atoms with E-state index in [9.17, 15) is 4.79 Å². The standard InChI is InChI=1S/C15H21BrN2O2/c1-11(20-14-7-5-12(16)6-8-14)15(19)18-9-3-2-4-13(18)10-17/h5-8,11,13H,2-4,9-10,17H2,1H3. The third kappa shape index (κ3) is 3.73. The molecule has 1 aromatic carbocycles. The lowest BCUT2D eigenvalue weighted by atomic mass is 10.0. The molecule has 1 aromatic rings. The monoisotopic (exact) mass is 340 g/mol. The number of piperidine rings is 1. The van der Waals surface area contributed by atoms with E-state index in [1.807, 2.05) is 29.2 Å². The van der Waals surface area contributed by atoms with Crippen LogP contribution in [-0.2, 0) is 4.79 Å². The molecule has 1 amide bonds. The molecule has 2 atom stereocenters. The van der Waals surface area contributed by atoms with Crippen molar-refractivity contribution in [2.24, 2.45) is 5.73 Å². The second kappa shape index (κ2) is 7.09. The number of rotatable bonds is 4. The van der Waals surface area contributed by atoms with Crippen molar-refractivity contribution in [3.8, 4) is 5.75 Å².